The number of hydrogen-bond acceptors (Lipinski definition) is 3. The Morgan fingerprint density at radius 1 is 1.64 bits per heavy atom. The van der Waals surface area contributed by atoms with E-state index in [4.69, 9.17) is 4.74 Å². The van der Waals surface area contributed by atoms with E-state index in [0.29, 0.717) is 11.3 Å². The number of aromatic nitrogens is 3. The summed E-state index contributed by atoms with van der Waals surface area (Å²) in [6.45, 7) is 3.76. The molecule has 0 amide bonds. The van der Waals surface area contributed by atoms with E-state index < -0.39 is 0 Å². The molecular weight excluding hydrogens is 178 g/mol. The predicted molar refractivity (Wildman–Crippen MR) is 51.4 cm³/mol. The first-order chi connectivity index (χ1) is 6.73. The van der Waals surface area contributed by atoms with E-state index in [1.165, 1.54) is 19.3 Å². The minimum absolute atomic E-state index is 0.309. The van der Waals surface area contributed by atoms with Crippen LogP contribution in [0.1, 0.15) is 25.0 Å². The van der Waals surface area contributed by atoms with Gasteiger partial charge in [-0.2, -0.15) is 0 Å². The predicted octanol–water partition coefficient (Wildman–Crippen LogP) is 1.40. The third-order valence-corrected chi connectivity index (χ3v) is 3.52. The summed E-state index contributed by atoms with van der Waals surface area (Å²) in [4.78, 5) is 0. The minimum Gasteiger partial charge on any atom is -0.495 e. The molecule has 74 valence electrons. The molecular formula is C10H13N3O. The highest BCUT2D eigenvalue weighted by molar-refractivity contribution is 5.51. The monoisotopic (exact) mass is 191 g/mol. The molecule has 0 spiro atoms. The normalized spacial score (nSPS) is 33.1. The molecule has 0 saturated heterocycles. The van der Waals surface area contributed by atoms with Crippen LogP contribution in [-0.4, -0.2) is 22.1 Å². The summed E-state index contributed by atoms with van der Waals surface area (Å²) in [5.74, 6) is 1.54. The fourth-order valence-corrected chi connectivity index (χ4v) is 2.44. The van der Waals surface area contributed by atoms with Crippen LogP contribution in [0.3, 0.4) is 0 Å². The maximum absolute atomic E-state index is 5.02. The molecule has 0 atom stereocenters. The summed E-state index contributed by atoms with van der Waals surface area (Å²) in [6, 6.07) is 0. The van der Waals surface area contributed by atoms with Crippen LogP contribution in [-0.2, 0) is 10.3 Å². The molecule has 0 aromatic carbocycles. The van der Waals surface area contributed by atoms with Gasteiger partial charge in [-0.05, 0) is 25.2 Å². The molecule has 4 rings (SSSR count). The van der Waals surface area contributed by atoms with Crippen molar-refractivity contribution >= 4 is 5.76 Å². The van der Waals surface area contributed by atoms with Gasteiger partial charge in [0.2, 0.25) is 0 Å². The van der Waals surface area contributed by atoms with Crippen molar-refractivity contribution in [3.05, 3.63) is 18.5 Å². The van der Waals surface area contributed by atoms with Gasteiger partial charge in [0, 0.05) is 0 Å². The Morgan fingerprint density at radius 3 is 2.86 bits per heavy atom. The lowest BCUT2D eigenvalue weighted by molar-refractivity contribution is -0.0989. The van der Waals surface area contributed by atoms with Gasteiger partial charge in [0.1, 0.15) is 11.5 Å². The highest BCUT2D eigenvalue weighted by Crippen LogP contribution is 2.61. The Balaban J connectivity index is 1.86. The second kappa shape index (κ2) is 2.38. The van der Waals surface area contributed by atoms with Gasteiger partial charge < -0.3 is 4.74 Å². The second-order valence-corrected chi connectivity index (χ2v) is 4.38. The summed E-state index contributed by atoms with van der Waals surface area (Å²) in [6.07, 6.45) is 5.76. The number of hydrogen-bond donors (Lipinski definition) is 0. The highest BCUT2D eigenvalue weighted by Gasteiger charge is 2.58. The lowest BCUT2D eigenvalue weighted by atomic mass is 9.50. The lowest BCUT2D eigenvalue weighted by Gasteiger charge is -2.61. The van der Waals surface area contributed by atoms with Crippen LogP contribution >= 0.6 is 0 Å². The van der Waals surface area contributed by atoms with Crippen molar-refractivity contribution in [1.82, 2.24) is 15.0 Å². The Hall–Kier alpha value is -1.32. The number of rotatable bonds is 3. The molecule has 2 bridgehead atoms. The molecule has 3 aliphatic rings. The molecule has 0 aliphatic heterocycles. The molecule has 3 aliphatic carbocycles. The van der Waals surface area contributed by atoms with Crippen LogP contribution in [0, 0.1) is 5.92 Å². The van der Waals surface area contributed by atoms with Crippen molar-refractivity contribution in [3.63, 3.8) is 0 Å². The van der Waals surface area contributed by atoms with Crippen molar-refractivity contribution in [1.29, 1.82) is 0 Å². The Labute approximate surface area is 82.6 Å². The molecule has 0 radical (unpaired) electrons. The van der Waals surface area contributed by atoms with Crippen molar-refractivity contribution in [2.24, 2.45) is 5.92 Å². The molecule has 0 N–H and O–H groups in total. The molecule has 14 heavy (non-hydrogen) atoms. The fourth-order valence-electron chi connectivity index (χ4n) is 2.44. The standard InChI is InChI=1S/C10H13N3O/c1-7(14-2)9-6-13(12-11-9)10-3-8(4-10)5-10/h6,8H,1,3-5H2,2H3. The van der Waals surface area contributed by atoms with Crippen molar-refractivity contribution in [2.45, 2.75) is 24.8 Å². The number of ether oxygens (including phenoxy) is 1. The average molecular weight is 191 g/mol. The van der Waals surface area contributed by atoms with Gasteiger partial charge in [0.15, 0.2) is 0 Å². The number of methoxy groups -OCH3 is 1. The van der Waals surface area contributed by atoms with Crippen molar-refractivity contribution < 1.29 is 4.74 Å². The first-order valence-electron chi connectivity index (χ1n) is 4.90. The third kappa shape index (κ3) is 0.832. The van der Waals surface area contributed by atoms with E-state index in [9.17, 15) is 0 Å². The molecule has 3 saturated carbocycles. The van der Waals surface area contributed by atoms with E-state index in [2.05, 4.69) is 16.9 Å². The zero-order chi connectivity index (χ0) is 9.76. The van der Waals surface area contributed by atoms with Gasteiger partial charge >= 0.3 is 0 Å². The SMILES string of the molecule is C=C(OC)c1cn(C23CC(C2)C3)nn1. The minimum atomic E-state index is 0.309. The smallest absolute Gasteiger partial charge is 0.147 e. The average Bonchev–Trinajstić information content (AvgIpc) is 2.46. The molecule has 3 fully saturated rings. The molecule has 0 unspecified atom stereocenters. The maximum Gasteiger partial charge on any atom is 0.147 e. The van der Waals surface area contributed by atoms with Crippen LogP contribution in [0.25, 0.3) is 5.76 Å². The molecule has 4 heteroatoms. The largest absolute Gasteiger partial charge is 0.495 e. The maximum atomic E-state index is 5.02. The first-order valence-corrected chi connectivity index (χ1v) is 4.90. The van der Waals surface area contributed by atoms with E-state index in [1.54, 1.807) is 7.11 Å². The van der Waals surface area contributed by atoms with Crippen LogP contribution in [0.2, 0.25) is 0 Å². The van der Waals surface area contributed by atoms with Gasteiger partial charge in [0.25, 0.3) is 0 Å². The molecule has 4 nitrogen and oxygen atoms in total. The third-order valence-electron chi connectivity index (χ3n) is 3.52. The highest BCUT2D eigenvalue weighted by atomic mass is 16.5. The van der Waals surface area contributed by atoms with E-state index in [0.717, 1.165) is 11.6 Å². The zero-order valence-electron chi connectivity index (χ0n) is 8.23. The first kappa shape index (κ1) is 8.03. The second-order valence-electron chi connectivity index (χ2n) is 4.38. The Morgan fingerprint density at radius 2 is 2.36 bits per heavy atom. The Bertz CT molecular complexity index is 379. The summed E-state index contributed by atoms with van der Waals surface area (Å²) >= 11 is 0. The van der Waals surface area contributed by atoms with Gasteiger partial charge in [-0.1, -0.05) is 11.8 Å². The summed E-state index contributed by atoms with van der Waals surface area (Å²) in [7, 11) is 1.60. The zero-order valence-corrected chi connectivity index (χ0v) is 8.23. The summed E-state index contributed by atoms with van der Waals surface area (Å²) in [5.41, 5.74) is 1.06. The van der Waals surface area contributed by atoms with E-state index in [-0.39, 0.29) is 0 Å². The van der Waals surface area contributed by atoms with Gasteiger partial charge in [-0.25, -0.2) is 4.68 Å². The van der Waals surface area contributed by atoms with Crippen LogP contribution in [0.15, 0.2) is 12.8 Å². The molecule has 1 heterocycles. The molecule has 1 aromatic rings. The van der Waals surface area contributed by atoms with Crippen LogP contribution in [0.5, 0.6) is 0 Å². The topological polar surface area (TPSA) is 39.9 Å². The summed E-state index contributed by atoms with van der Waals surface area (Å²) in [5, 5.41) is 8.19. The van der Waals surface area contributed by atoms with Gasteiger partial charge in [0.05, 0.1) is 18.8 Å². The van der Waals surface area contributed by atoms with Gasteiger partial charge in [-0.3, -0.25) is 0 Å². The number of nitrogens with zero attached hydrogens (tertiary/aromatic N) is 3. The quantitative estimate of drug-likeness (QED) is 0.678. The van der Waals surface area contributed by atoms with Crippen LogP contribution in [0.4, 0.5) is 0 Å². The van der Waals surface area contributed by atoms with Crippen LogP contribution < -0.4 is 0 Å². The summed E-state index contributed by atoms with van der Waals surface area (Å²) < 4.78 is 7.01. The fraction of sp³-hybridized carbons (Fsp3) is 0.600. The molecule has 1 aromatic heterocycles. The van der Waals surface area contributed by atoms with Crippen molar-refractivity contribution in [3.8, 4) is 0 Å². The van der Waals surface area contributed by atoms with Gasteiger partial charge in [-0.15, -0.1) is 5.10 Å². The van der Waals surface area contributed by atoms with E-state index in [1.807, 2.05) is 10.9 Å². The Kier molecular flexibility index (Phi) is 1.36. The van der Waals surface area contributed by atoms with Crippen molar-refractivity contribution in [2.75, 3.05) is 7.11 Å². The lowest BCUT2D eigenvalue weighted by Crippen LogP contribution is -2.59. The van der Waals surface area contributed by atoms with E-state index >= 15 is 0 Å².